The summed E-state index contributed by atoms with van der Waals surface area (Å²) in [6, 6.07) is 19.6. The third-order valence-corrected chi connectivity index (χ3v) is 4.80. The van der Waals surface area contributed by atoms with Crippen LogP contribution in [-0.2, 0) is 4.79 Å². The lowest BCUT2D eigenvalue weighted by molar-refractivity contribution is -0.118. The largest absolute Gasteiger partial charge is 0.484 e. The number of amides is 1. The van der Waals surface area contributed by atoms with Crippen LogP contribution in [-0.4, -0.2) is 17.5 Å². The summed E-state index contributed by atoms with van der Waals surface area (Å²) < 4.78 is 10.9. The van der Waals surface area contributed by atoms with Crippen molar-refractivity contribution in [3.63, 3.8) is 0 Å². The minimum Gasteiger partial charge on any atom is -0.484 e. The van der Waals surface area contributed by atoms with Gasteiger partial charge in [-0.15, -0.1) is 0 Å². The molecule has 150 valence electrons. The zero-order valence-corrected chi connectivity index (χ0v) is 16.6. The fourth-order valence-corrected chi connectivity index (χ4v) is 2.99. The fraction of sp³-hybridized carbons (Fsp3) is 0.125. The predicted octanol–water partition coefficient (Wildman–Crippen LogP) is 4.49. The number of rotatable bonds is 5. The molecule has 6 nitrogen and oxygen atoms in total. The summed E-state index contributed by atoms with van der Waals surface area (Å²) in [6.07, 6.45) is 0. The molecule has 0 bridgehead atoms. The zero-order chi connectivity index (χ0) is 21.1. The summed E-state index contributed by atoms with van der Waals surface area (Å²) in [6.45, 7) is 3.93. The molecule has 0 fully saturated rings. The van der Waals surface area contributed by atoms with E-state index in [1.807, 2.05) is 38.1 Å². The lowest BCUT2D eigenvalue weighted by atomic mass is 10.1. The zero-order valence-electron chi connectivity index (χ0n) is 16.6. The molecule has 0 saturated heterocycles. The van der Waals surface area contributed by atoms with E-state index in [2.05, 4.69) is 10.3 Å². The SMILES string of the molecule is Cc1ccc(OCC(=O)Nc2ccc(-c3nc4ccccc4c(=O)o3)cc2)cc1C. The Hall–Kier alpha value is -3.93. The molecule has 1 amide bonds. The van der Waals surface area contributed by atoms with Crippen LogP contribution < -0.4 is 15.7 Å². The van der Waals surface area contributed by atoms with E-state index in [4.69, 9.17) is 9.15 Å². The van der Waals surface area contributed by atoms with Crippen molar-refractivity contribution in [3.05, 3.63) is 88.3 Å². The number of nitrogens with one attached hydrogen (secondary N) is 1. The molecular formula is C24H20N2O4. The molecular weight excluding hydrogens is 380 g/mol. The van der Waals surface area contributed by atoms with E-state index in [0.29, 0.717) is 27.9 Å². The molecule has 0 aliphatic rings. The van der Waals surface area contributed by atoms with E-state index in [0.717, 1.165) is 5.56 Å². The topological polar surface area (TPSA) is 81.4 Å². The highest BCUT2D eigenvalue weighted by atomic mass is 16.5. The van der Waals surface area contributed by atoms with Crippen LogP contribution in [0.4, 0.5) is 5.69 Å². The predicted molar refractivity (Wildman–Crippen MR) is 116 cm³/mol. The first-order valence-corrected chi connectivity index (χ1v) is 9.50. The Labute approximate surface area is 173 Å². The highest BCUT2D eigenvalue weighted by Crippen LogP contribution is 2.21. The Morgan fingerprint density at radius 3 is 2.53 bits per heavy atom. The Balaban J connectivity index is 1.43. The van der Waals surface area contributed by atoms with Gasteiger partial charge in [-0.25, -0.2) is 9.78 Å². The minimum atomic E-state index is -0.434. The number of carbonyl (C=O) groups excluding carboxylic acids is 1. The first-order chi connectivity index (χ1) is 14.5. The molecule has 1 heterocycles. The third-order valence-electron chi connectivity index (χ3n) is 4.80. The van der Waals surface area contributed by atoms with Gasteiger partial charge in [0.1, 0.15) is 5.75 Å². The van der Waals surface area contributed by atoms with Gasteiger partial charge in [-0.05, 0) is 73.5 Å². The Morgan fingerprint density at radius 1 is 1.00 bits per heavy atom. The van der Waals surface area contributed by atoms with Crippen molar-refractivity contribution in [3.8, 4) is 17.2 Å². The van der Waals surface area contributed by atoms with Gasteiger partial charge >= 0.3 is 5.63 Å². The van der Waals surface area contributed by atoms with Crippen molar-refractivity contribution in [2.75, 3.05) is 11.9 Å². The summed E-state index contributed by atoms with van der Waals surface area (Å²) in [5.74, 6) is 0.618. The van der Waals surface area contributed by atoms with Gasteiger partial charge in [0.15, 0.2) is 6.61 Å². The van der Waals surface area contributed by atoms with Gasteiger partial charge in [-0.1, -0.05) is 18.2 Å². The summed E-state index contributed by atoms with van der Waals surface area (Å²) in [7, 11) is 0. The normalized spacial score (nSPS) is 10.7. The molecule has 3 aromatic carbocycles. The quantitative estimate of drug-likeness (QED) is 0.534. The third kappa shape index (κ3) is 4.22. The first-order valence-electron chi connectivity index (χ1n) is 9.50. The molecule has 0 aliphatic heterocycles. The summed E-state index contributed by atoms with van der Waals surface area (Å²) in [5.41, 5.74) is 3.67. The molecule has 6 heteroatoms. The molecule has 1 N–H and O–H groups in total. The number of hydrogen-bond donors (Lipinski definition) is 1. The molecule has 0 atom stereocenters. The van der Waals surface area contributed by atoms with Gasteiger partial charge < -0.3 is 14.5 Å². The number of benzene rings is 3. The number of carbonyl (C=O) groups is 1. The molecule has 4 rings (SSSR count). The van der Waals surface area contributed by atoms with Crippen LogP contribution in [0.15, 0.2) is 75.9 Å². The average Bonchev–Trinajstić information content (AvgIpc) is 2.75. The average molecular weight is 400 g/mol. The first kappa shape index (κ1) is 19.4. The lowest BCUT2D eigenvalue weighted by Gasteiger charge is -2.09. The number of hydrogen-bond acceptors (Lipinski definition) is 5. The second-order valence-corrected chi connectivity index (χ2v) is 6.98. The van der Waals surface area contributed by atoms with Gasteiger partial charge in [-0.3, -0.25) is 4.79 Å². The molecule has 0 saturated carbocycles. The number of aryl methyl sites for hydroxylation is 2. The van der Waals surface area contributed by atoms with Crippen molar-refractivity contribution in [1.82, 2.24) is 4.98 Å². The van der Waals surface area contributed by atoms with Crippen molar-refractivity contribution in [2.24, 2.45) is 0 Å². The van der Waals surface area contributed by atoms with Crippen LogP contribution in [0.1, 0.15) is 11.1 Å². The van der Waals surface area contributed by atoms with Crippen molar-refractivity contribution >= 4 is 22.5 Å². The van der Waals surface area contributed by atoms with E-state index in [9.17, 15) is 9.59 Å². The van der Waals surface area contributed by atoms with Gasteiger partial charge in [0.25, 0.3) is 5.91 Å². The molecule has 30 heavy (non-hydrogen) atoms. The van der Waals surface area contributed by atoms with Crippen LogP contribution in [0.3, 0.4) is 0 Å². The maximum absolute atomic E-state index is 12.2. The van der Waals surface area contributed by atoms with Crippen LogP contribution in [0.25, 0.3) is 22.4 Å². The maximum Gasteiger partial charge on any atom is 0.347 e. The number of aromatic nitrogens is 1. The van der Waals surface area contributed by atoms with Crippen LogP contribution in [0, 0.1) is 13.8 Å². The second-order valence-electron chi connectivity index (χ2n) is 6.98. The number of fused-ring (bicyclic) bond motifs is 1. The highest BCUT2D eigenvalue weighted by Gasteiger charge is 2.09. The highest BCUT2D eigenvalue weighted by molar-refractivity contribution is 5.92. The molecule has 4 aromatic rings. The van der Waals surface area contributed by atoms with E-state index in [1.54, 1.807) is 42.5 Å². The Bertz CT molecular complexity index is 1280. The smallest absolute Gasteiger partial charge is 0.347 e. The summed E-state index contributed by atoms with van der Waals surface area (Å²) in [4.78, 5) is 28.7. The van der Waals surface area contributed by atoms with E-state index < -0.39 is 5.63 Å². The van der Waals surface area contributed by atoms with Gasteiger partial charge in [0, 0.05) is 11.3 Å². The standard InChI is InChI=1S/C24H20N2O4/c1-15-7-12-19(13-16(15)2)29-14-22(27)25-18-10-8-17(9-11-18)23-26-21-6-4-3-5-20(21)24(28)30-23/h3-13H,14H2,1-2H3,(H,25,27). The molecule has 0 aliphatic carbocycles. The Kier molecular flexibility index (Phi) is 5.30. The fourth-order valence-electron chi connectivity index (χ4n) is 2.99. The number of nitrogens with zero attached hydrogens (tertiary/aromatic N) is 1. The van der Waals surface area contributed by atoms with Crippen LogP contribution in [0.5, 0.6) is 5.75 Å². The van der Waals surface area contributed by atoms with Crippen molar-refractivity contribution < 1.29 is 13.9 Å². The van der Waals surface area contributed by atoms with E-state index in [1.165, 1.54) is 5.56 Å². The van der Waals surface area contributed by atoms with Gasteiger partial charge in [0.05, 0.1) is 10.9 Å². The second kappa shape index (κ2) is 8.21. The molecule has 1 aromatic heterocycles. The van der Waals surface area contributed by atoms with Gasteiger partial charge in [0.2, 0.25) is 5.89 Å². The lowest BCUT2D eigenvalue weighted by Crippen LogP contribution is -2.20. The summed E-state index contributed by atoms with van der Waals surface area (Å²) >= 11 is 0. The van der Waals surface area contributed by atoms with Gasteiger partial charge in [-0.2, -0.15) is 0 Å². The van der Waals surface area contributed by atoms with Crippen molar-refractivity contribution in [1.29, 1.82) is 0 Å². The number of anilines is 1. The van der Waals surface area contributed by atoms with Crippen LogP contribution >= 0.6 is 0 Å². The number of para-hydroxylation sites is 1. The molecule has 0 radical (unpaired) electrons. The van der Waals surface area contributed by atoms with Crippen molar-refractivity contribution in [2.45, 2.75) is 13.8 Å². The van der Waals surface area contributed by atoms with E-state index in [-0.39, 0.29) is 18.4 Å². The molecule has 0 spiro atoms. The summed E-state index contributed by atoms with van der Waals surface area (Å²) in [5, 5.41) is 3.22. The number of ether oxygens (including phenoxy) is 1. The Morgan fingerprint density at radius 2 is 1.77 bits per heavy atom. The van der Waals surface area contributed by atoms with Crippen LogP contribution in [0.2, 0.25) is 0 Å². The monoisotopic (exact) mass is 400 g/mol. The van der Waals surface area contributed by atoms with E-state index >= 15 is 0 Å². The maximum atomic E-state index is 12.2. The molecule has 0 unspecified atom stereocenters. The minimum absolute atomic E-state index is 0.0919.